The minimum absolute atomic E-state index is 0.0214. The number of ketones is 1. The molecule has 86 valence electrons. The van der Waals surface area contributed by atoms with E-state index in [2.05, 4.69) is 4.98 Å². The van der Waals surface area contributed by atoms with Gasteiger partial charge in [-0.25, -0.2) is 8.78 Å². The molecule has 1 aromatic carbocycles. The molecule has 2 aromatic rings. The number of pyridine rings is 1. The Morgan fingerprint density at radius 2 is 1.82 bits per heavy atom. The molecule has 0 aliphatic heterocycles. The van der Waals surface area contributed by atoms with Gasteiger partial charge in [-0.3, -0.25) is 9.78 Å². The maximum Gasteiger partial charge on any atom is 0.169 e. The summed E-state index contributed by atoms with van der Waals surface area (Å²) in [5.41, 5.74) is 0.593. The Bertz CT molecular complexity index is 520. The number of hydrogen-bond donors (Lipinski definition) is 0. The molecule has 1 heterocycles. The lowest BCUT2D eigenvalue weighted by Crippen LogP contribution is -2.05. The Balaban J connectivity index is 2.20. The number of carbonyl (C=O) groups excluding carboxylic acids is 1. The van der Waals surface area contributed by atoms with Crippen LogP contribution >= 0.6 is 0 Å². The molecule has 0 unspecified atom stereocenters. The predicted octanol–water partition coefficient (Wildman–Crippen LogP) is 2.79. The minimum atomic E-state index is -0.755. The van der Waals surface area contributed by atoms with Crippen molar-refractivity contribution in [2.75, 3.05) is 0 Å². The van der Waals surface area contributed by atoms with Crippen LogP contribution in [0.15, 0.2) is 42.6 Å². The number of halogens is 2. The third-order valence-electron chi connectivity index (χ3n) is 2.25. The summed E-state index contributed by atoms with van der Waals surface area (Å²) in [4.78, 5) is 15.7. The molecule has 0 radical (unpaired) electrons. The molecule has 2 nitrogen and oxygen atoms in total. The number of rotatable bonds is 3. The van der Waals surface area contributed by atoms with E-state index in [1.807, 2.05) is 0 Å². The van der Waals surface area contributed by atoms with Gasteiger partial charge >= 0.3 is 0 Å². The van der Waals surface area contributed by atoms with Crippen molar-refractivity contribution in [3.05, 3.63) is 65.5 Å². The van der Waals surface area contributed by atoms with Gasteiger partial charge in [0.15, 0.2) is 5.78 Å². The zero-order chi connectivity index (χ0) is 12.3. The lowest BCUT2D eigenvalue weighted by Gasteiger charge is -2.01. The van der Waals surface area contributed by atoms with E-state index in [4.69, 9.17) is 0 Å². The average Bonchev–Trinajstić information content (AvgIpc) is 2.29. The summed E-state index contributed by atoms with van der Waals surface area (Å²) in [5.74, 6) is -1.87. The van der Waals surface area contributed by atoms with E-state index >= 15 is 0 Å². The van der Waals surface area contributed by atoms with Gasteiger partial charge in [-0.05, 0) is 24.3 Å². The third kappa shape index (κ3) is 2.93. The zero-order valence-electron chi connectivity index (χ0n) is 8.86. The monoisotopic (exact) mass is 233 g/mol. The average molecular weight is 233 g/mol. The summed E-state index contributed by atoms with van der Waals surface area (Å²) in [5, 5.41) is 0. The standard InChI is InChI=1S/C13H9F2NO/c14-10-5-9(6-11(15)7-10)13(17)8-12-3-1-2-4-16-12/h1-7H,8H2. The van der Waals surface area contributed by atoms with Gasteiger partial charge in [0, 0.05) is 23.5 Å². The summed E-state index contributed by atoms with van der Waals surface area (Å²) in [6, 6.07) is 7.95. The Labute approximate surface area is 96.9 Å². The van der Waals surface area contributed by atoms with Crippen molar-refractivity contribution >= 4 is 5.78 Å². The van der Waals surface area contributed by atoms with Crippen molar-refractivity contribution < 1.29 is 13.6 Å². The van der Waals surface area contributed by atoms with Gasteiger partial charge in [-0.2, -0.15) is 0 Å². The van der Waals surface area contributed by atoms with E-state index in [0.29, 0.717) is 5.69 Å². The van der Waals surface area contributed by atoms with Crippen LogP contribution < -0.4 is 0 Å². The van der Waals surface area contributed by atoms with Crippen LogP contribution in [0.3, 0.4) is 0 Å². The molecule has 2 rings (SSSR count). The molecule has 0 aliphatic carbocycles. The SMILES string of the molecule is O=C(Cc1ccccn1)c1cc(F)cc(F)c1. The van der Waals surface area contributed by atoms with Crippen LogP contribution in [0.25, 0.3) is 0 Å². The van der Waals surface area contributed by atoms with Crippen molar-refractivity contribution in [3.8, 4) is 0 Å². The zero-order valence-corrected chi connectivity index (χ0v) is 8.86. The van der Waals surface area contributed by atoms with Crippen molar-refractivity contribution in [3.63, 3.8) is 0 Å². The number of carbonyl (C=O) groups is 1. The van der Waals surface area contributed by atoms with Gasteiger partial charge in [-0.15, -0.1) is 0 Å². The molecule has 0 atom stereocenters. The van der Waals surface area contributed by atoms with Crippen molar-refractivity contribution in [1.82, 2.24) is 4.98 Å². The Morgan fingerprint density at radius 1 is 1.12 bits per heavy atom. The molecule has 0 saturated carbocycles. The van der Waals surface area contributed by atoms with E-state index in [9.17, 15) is 13.6 Å². The topological polar surface area (TPSA) is 30.0 Å². The van der Waals surface area contributed by atoms with E-state index in [1.54, 1.807) is 24.4 Å². The van der Waals surface area contributed by atoms with Crippen LogP contribution in [-0.2, 0) is 6.42 Å². The fraction of sp³-hybridized carbons (Fsp3) is 0.0769. The van der Waals surface area contributed by atoms with Crippen LogP contribution in [-0.4, -0.2) is 10.8 Å². The summed E-state index contributed by atoms with van der Waals surface area (Å²) >= 11 is 0. The van der Waals surface area contributed by atoms with Crippen LogP contribution in [0.5, 0.6) is 0 Å². The number of nitrogens with zero attached hydrogens (tertiary/aromatic N) is 1. The van der Waals surface area contributed by atoms with Gasteiger partial charge in [0.2, 0.25) is 0 Å². The van der Waals surface area contributed by atoms with Gasteiger partial charge in [0.25, 0.3) is 0 Å². The molecule has 0 aliphatic rings. The number of benzene rings is 1. The second kappa shape index (κ2) is 4.82. The lowest BCUT2D eigenvalue weighted by atomic mass is 10.1. The normalized spacial score (nSPS) is 10.2. The Hall–Kier alpha value is -2.10. The Morgan fingerprint density at radius 3 is 2.41 bits per heavy atom. The highest BCUT2D eigenvalue weighted by Crippen LogP contribution is 2.10. The fourth-order valence-corrected chi connectivity index (χ4v) is 1.48. The van der Waals surface area contributed by atoms with Crippen molar-refractivity contribution in [1.29, 1.82) is 0 Å². The van der Waals surface area contributed by atoms with Gasteiger partial charge < -0.3 is 0 Å². The molecule has 0 amide bonds. The molecule has 0 spiro atoms. The van der Waals surface area contributed by atoms with E-state index in [1.165, 1.54) is 0 Å². The van der Waals surface area contributed by atoms with Crippen LogP contribution in [0.4, 0.5) is 8.78 Å². The predicted molar refractivity (Wildman–Crippen MR) is 58.6 cm³/mol. The molecular formula is C13H9F2NO. The van der Waals surface area contributed by atoms with E-state index in [-0.39, 0.29) is 17.8 Å². The van der Waals surface area contributed by atoms with E-state index in [0.717, 1.165) is 18.2 Å². The first-order valence-corrected chi connectivity index (χ1v) is 5.04. The molecule has 0 fully saturated rings. The smallest absolute Gasteiger partial charge is 0.169 e. The van der Waals surface area contributed by atoms with Crippen molar-refractivity contribution in [2.45, 2.75) is 6.42 Å². The third-order valence-corrected chi connectivity index (χ3v) is 2.25. The quantitative estimate of drug-likeness (QED) is 0.763. The summed E-state index contributed by atoms with van der Waals surface area (Å²) in [6.45, 7) is 0. The van der Waals surface area contributed by atoms with Gasteiger partial charge in [-0.1, -0.05) is 6.07 Å². The molecule has 0 saturated heterocycles. The maximum absolute atomic E-state index is 12.9. The second-order valence-corrected chi connectivity index (χ2v) is 3.58. The van der Waals surface area contributed by atoms with Crippen molar-refractivity contribution in [2.24, 2.45) is 0 Å². The molecule has 0 bridgehead atoms. The number of Topliss-reactive ketones (excluding diaryl/α,β-unsaturated/α-hetero) is 1. The molecule has 0 N–H and O–H groups in total. The molecule has 4 heteroatoms. The highest BCUT2D eigenvalue weighted by molar-refractivity contribution is 5.97. The maximum atomic E-state index is 12.9. The first-order valence-electron chi connectivity index (χ1n) is 5.04. The minimum Gasteiger partial charge on any atom is -0.294 e. The summed E-state index contributed by atoms with van der Waals surface area (Å²) < 4.78 is 25.8. The highest BCUT2D eigenvalue weighted by Gasteiger charge is 2.10. The molecule has 1 aromatic heterocycles. The van der Waals surface area contributed by atoms with Crippen LogP contribution in [0.2, 0.25) is 0 Å². The summed E-state index contributed by atoms with van der Waals surface area (Å²) in [6.07, 6.45) is 1.60. The number of hydrogen-bond acceptors (Lipinski definition) is 2. The lowest BCUT2D eigenvalue weighted by molar-refractivity contribution is 0.0991. The first-order chi connectivity index (χ1) is 8.15. The highest BCUT2D eigenvalue weighted by atomic mass is 19.1. The number of aromatic nitrogens is 1. The Kier molecular flexibility index (Phi) is 3.23. The molecule has 17 heavy (non-hydrogen) atoms. The second-order valence-electron chi connectivity index (χ2n) is 3.58. The van der Waals surface area contributed by atoms with Gasteiger partial charge in [0.1, 0.15) is 11.6 Å². The fourth-order valence-electron chi connectivity index (χ4n) is 1.48. The largest absolute Gasteiger partial charge is 0.294 e. The molecular weight excluding hydrogens is 224 g/mol. The van der Waals surface area contributed by atoms with Gasteiger partial charge in [0.05, 0.1) is 6.42 Å². The van der Waals surface area contributed by atoms with E-state index < -0.39 is 11.6 Å². The first kappa shape index (κ1) is 11.4. The van der Waals surface area contributed by atoms with Crippen LogP contribution in [0, 0.1) is 11.6 Å². The van der Waals surface area contributed by atoms with Crippen LogP contribution in [0.1, 0.15) is 16.1 Å². The summed E-state index contributed by atoms with van der Waals surface area (Å²) in [7, 11) is 0.